The Morgan fingerprint density at radius 2 is 1.81 bits per heavy atom. The van der Waals surface area contributed by atoms with Gasteiger partial charge in [-0.25, -0.2) is 14.3 Å². The van der Waals surface area contributed by atoms with Crippen molar-refractivity contribution in [2.24, 2.45) is 0 Å². The number of carbonyl (C=O) groups excluding carboxylic acids is 2. The molecule has 1 aromatic carbocycles. The number of nitrogens with zero attached hydrogens (tertiary/aromatic N) is 4. The van der Waals surface area contributed by atoms with Crippen molar-refractivity contribution in [1.82, 2.24) is 24.9 Å². The average Bonchev–Trinajstić information content (AvgIpc) is 3.10. The van der Waals surface area contributed by atoms with Crippen molar-refractivity contribution in [1.29, 1.82) is 0 Å². The highest BCUT2D eigenvalue weighted by atomic mass is 16.6. The van der Waals surface area contributed by atoms with Gasteiger partial charge in [-0.15, -0.1) is 5.10 Å². The first-order valence-electron chi connectivity index (χ1n) is 10.6. The molecule has 0 saturated heterocycles. The van der Waals surface area contributed by atoms with Gasteiger partial charge in [-0.3, -0.25) is 4.79 Å². The molecule has 0 aliphatic carbocycles. The molecule has 0 spiro atoms. The average molecular weight is 439 g/mol. The molecule has 3 aromatic rings. The minimum atomic E-state index is -0.577. The lowest BCUT2D eigenvalue weighted by molar-refractivity contribution is -0.116. The molecule has 0 saturated carbocycles. The molecule has 3 rings (SSSR count). The molecule has 9 nitrogen and oxygen atoms in total. The van der Waals surface area contributed by atoms with E-state index in [0.717, 1.165) is 28.2 Å². The van der Waals surface area contributed by atoms with Crippen LogP contribution in [0.4, 0.5) is 10.5 Å². The number of rotatable bonds is 6. The van der Waals surface area contributed by atoms with Crippen LogP contribution in [-0.2, 0) is 22.5 Å². The number of ether oxygens (including phenoxy) is 1. The van der Waals surface area contributed by atoms with Crippen molar-refractivity contribution in [2.75, 3.05) is 5.32 Å². The van der Waals surface area contributed by atoms with E-state index in [-0.39, 0.29) is 12.5 Å². The molecule has 2 N–H and O–H groups in total. The molecule has 0 unspecified atom stereocenters. The Morgan fingerprint density at radius 1 is 1.09 bits per heavy atom. The Bertz CT molecular complexity index is 1150. The Balaban J connectivity index is 1.68. The maximum atomic E-state index is 12.5. The number of aryl methyl sites for hydroxylation is 3. The van der Waals surface area contributed by atoms with Gasteiger partial charge in [0.25, 0.3) is 5.78 Å². The van der Waals surface area contributed by atoms with E-state index in [0.29, 0.717) is 24.4 Å². The van der Waals surface area contributed by atoms with Crippen LogP contribution < -0.4 is 10.6 Å². The van der Waals surface area contributed by atoms with Gasteiger partial charge in [0.05, 0.1) is 6.54 Å². The number of alkyl carbamates (subject to hydrolysis) is 1. The van der Waals surface area contributed by atoms with Crippen molar-refractivity contribution in [2.45, 2.75) is 66.5 Å². The number of carbonyl (C=O) groups is 2. The number of fused-ring (bicyclic) bond motifs is 1. The Labute approximate surface area is 187 Å². The van der Waals surface area contributed by atoms with E-state index in [2.05, 4.69) is 25.7 Å². The predicted octanol–water partition coefficient (Wildman–Crippen LogP) is 3.65. The normalized spacial score (nSPS) is 11.4. The van der Waals surface area contributed by atoms with E-state index in [9.17, 15) is 9.59 Å². The standard InChI is InChI=1S/C23H30N6O3/c1-14-9-7-8-10-18(14)26-20(30)12-11-17-15(2)25-21-27-19(28-29(21)16(17)3)13-24-22(31)32-23(4,5)6/h7-10H,11-13H2,1-6H3,(H,24,31)(H,26,30). The molecule has 0 aliphatic heterocycles. The van der Waals surface area contributed by atoms with Crippen molar-refractivity contribution in [3.8, 4) is 0 Å². The zero-order chi connectivity index (χ0) is 23.5. The van der Waals surface area contributed by atoms with Crippen LogP contribution in [0, 0.1) is 20.8 Å². The lowest BCUT2D eigenvalue weighted by Gasteiger charge is -2.19. The van der Waals surface area contributed by atoms with Crippen LogP contribution >= 0.6 is 0 Å². The molecule has 2 amide bonds. The first-order valence-corrected chi connectivity index (χ1v) is 10.6. The van der Waals surface area contributed by atoms with Crippen LogP contribution in [-0.4, -0.2) is 37.2 Å². The van der Waals surface area contributed by atoms with E-state index < -0.39 is 11.7 Å². The molecule has 0 bridgehead atoms. The summed E-state index contributed by atoms with van der Waals surface area (Å²) in [6, 6.07) is 7.68. The van der Waals surface area contributed by atoms with Gasteiger partial charge in [0.1, 0.15) is 5.60 Å². The van der Waals surface area contributed by atoms with Gasteiger partial charge in [0, 0.05) is 23.5 Å². The largest absolute Gasteiger partial charge is 0.444 e. The quantitative estimate of drug-likeness (QED) is 0.608. The molecule has 2 aromatic heterocycles. The molecule has 170 valence electrons. The minimum Gasteiger partial charge on any atom is -0.444 e. The number of nitrogens with one attached hydrogen (secondary N) is 2. The van der Waals surface area contributed by atoms with Gasteiger partial charge in [-0.1, -0.05) is 18.2 Å². The van der Waals surface area contributed by atoms with Gasteiger partial charge in [-0.05, 0) is 65.2 Å². The van der Waals surface area contributed by atoms with Gasteiger partial charge in [0.15, 0.2) is 5.82 Å². The highest BCUT2D eigenvalue weighted by molar-refractivity contribution is 5.91. The van der Waals surface area contributed by atoms with E-state index in [1.807, 2.05) is 45.0 Å². The number of para-hydroxylation sites is 1. The van der Waals surface area contributed by atoms with Gasteiger partial charge in [0.2, 0.25) is 5.91 Å². The summed E-state index contributed by atoms with van der Waals surface area (Å²) in [5.74, 6) is 0.827. The van der Waals surface area contributed by atoms with Crippen LogP contribution in [0.25, 0.3) is 5.78 Å². The topological polar surface area (TPSA) is 111 Å². The fourth-order valence-electron chi connectivity index (χ4n) is 3.32. The van der Waals surface area contributed by atoms with Crippen LogP contribution in [0.15, 0.2) is 24.3 Å². The summed E-state index contributed by atoms with van der Waals surface area (Å²) in [5, 5.41) is 10.1. The maximum Gasteiger partial charge on any atom is 0.408 e. The van der Waals surface area contributed by atoms with Crippen molar-refractivity contribution >= 4 is 23.5 Å². The van der Waals surface area contributed by atoms with Crippen molar-refractivity contribution in [3.05, 3.63) is 52.6 Å². The zero-order valence-corrected chi connectivity index (χ0v) is 19.4. The molecule has 0 aliphatic rings. The van der Waals surface area contributed by atoms with Gasteiger partial charge < -0.3 is 15.4 Å². The van der Waals surface area contributed by atoms with Crippen LogP contribution in [0.1, 0.15) is 55.5 Å². The molecular weight excluding hydrogens is 408 g/mol. The third kappa shape index (κ3) is 5.81. The monoisotopic (exact) mass is 438 g/mol. The highest BCUT2D eigenvalue weighted by Crippen LogP contribution is 2.18. The summed E-state index contributed by atoms with van der Waals surface area (Å²) >= 11 is 0. The summed E-state index contributed by atoms with van der Waals surface area (Å²) in [7, 11) is 0. The number of anilines is 1. The summed E-state index contributed by atoms with van der Waals surface area (Å²) in [5.41, 5.74) is 3.88. The Morgan fingerprint density at radius 3 is 2.50 bits per heavy atom. The van der Waals surface area contributed by atoms with Gasteiger partial charge in [-0.2, -0.15) is 4.98 Å². The van der Waals surface area contributed by atoms with E-state index in [4.69, 9.17) is 4.74 Å². The number of benzene rings is 1. The first-order chi connectivity index (χ1) is 15.0. The fourth-order valence-corrected chi connectivity index (χ4v) is 3.32. The van der Waals surface area contributed by atoms with E-state index >= 15 is 0 Å². The third-order valence-electron chi connectivity index (χ3n) is 4.90. The minimum absolute atomic E-state index is 0.0564. The molecule has 32 heavy (non-hydrogen) atoms. The number of hydrogen-bond acceptors (Lipinski definition) is 6. The zero-order valence-electron chi connectivity index (χ0n) is 19.4. The molecule has 9 heteroatoms. The summed E-state index contributed by atoms with van der Waals surface area (Å²) in [6.07, 6.45) is 0.326. The van der Waals surface area contributed by atoms with E-state index in [1.54, 1.807) is 25.3 Å². The number of aromatic nitrogens is 4. The van der Waals surface area contributed by atoms with Crippen LogP contribution in [0.5, 0.6) is 0 Å². The summed E-state index contributed by atoms with van der Waals surface area (Å²) in [6.45, 7) is 11.3. The number of hydrogen-bond donors (Lipinski definition) is 2. The van der Waals surface area contributed by atoms with Crippen molar-refractivity contribution < 1.29 is 14.3 Å². The molecule has 0 atom stereocenters. The van der Waals surface area contributed by atoms with Crippen LogP contribution in [0.2, 0.25) is 0 Å². The Kier molecular flexibility index (Phi) is 6.76. The first kappa shape index (κ1) is 23.2. The molecule has 0 fully saturated rings. The number of amides is 2. The van der Waals surface area contributed by atoms with Gasteiger partial charge >= 0.3 is 6.09 Å². The SMILES string of the molecule is Cc1ccccc1NC(=O)CCc1c(C)nc2nc(CNC(=O)OC(C)(C)C)nn2c1C. The summed E-state index contributed by atoms with van der Waals surface area (Å²) in [4.78, 5) is 33.3. The maximum absolute atomic E-state index is 12.5. The second-order valence-electron chi connectivity index (χ2n) is 8.72. The summed E-state index contributed by atoms with van der Waals surface area (Å²) < 4.78 is 6.88. The molecule has 2 heterocycles. The molecular formula is C23H30N6O3. The Hall–Kier alpha value is -3.49. The lowest BCUT2D eigenvalue weighted by Crippen LogP contribution is -2.32. The third-order valence-corrected chi connectivity index (χ3v) is 4.90. The van der Waals surface area contributed by atoms with Crippen molar-refractivity contribution in [3.63, 3.8) is 0 Å². The lowest BCUT2D eigenvalue weighted by atomic mass is 10.1. The van der Waals surface area contributed by atoms with E-state index in [1.165, 1.54) is 0 Å². The van der Waals surface area contributed by atoms with Crippen LogP contribution in [0.3, 0.4) is 0 Å². The fraction of sp³-hybridized carbons (Fsp3) is 0.435. The second-order valence-corrected chi connectivity index (χ2v) is 8.72. The predicted molar refractivity (Wildman–Crippen MR) is 121 cm³/mol. The highest BCUT2D eigenvalue weighted by Gasteiger charge is 2.18. The smallest absolute Gasteiger partial charge is 0.408 e. The second kappa shape index (κ2) is 9.33. The molecule has 0 radical (unpaired) electrons.